The van der Waals surface area contributed by atoms with E-state index in [0.29, 0.717) is 12.4 Å². The molecule has 7 nitrogen and oxygen atoms in total. The van der Waals surface area contributed by atoms with Crippen LogP contribution in [-0.4, -0.2) is 42.8 Å². The van der Waals surface area contributed by atoms with Crippen molar-refractivity contribution in [1.29, 1.82) is 0 Å². The van der Waals surface area contributed by atoms with Crippen LogP contribution in [-0.2, 0) is 10.4 Å². The van der Waals surface area contributed by atoms with Gasteiger partial charge in [-0.3, -0.25) is 9.59 Å². The van der Waals surface area contributed by atoms with Crippen molar-refractivity contribution in [2.75, 3.05) is 19.7 Å². The Balaban J connectivity index is 1.90. The highest BCUT2D eigenvalue weighted by molar-refractivity contribution is 5.98. The molecule has 2 aromatic rings. The molecular formula is C20H23F3N2O5. The van der Waals surface area contributed by atoms with Crippen LogP contribution < -0.4 is 15.4 Å². The molecule has 0 aliphatic carbocycles. The number of benzene rings is 1. The molecule has 1 aromatic carbocycles. The second kappa shape index (κ2) is 9.66. The van der Waals surface area contributed by atoms with Crippen molar-refractivity contribution in [2.45, 2.75) is 32.0 Å². The second-order valence-corrected chi connectivity index (χ2v) is 6.48. The van der Waals surface area contributed by atoms with E-state index in [4.69, 9.17) is 9.15 Å². The summed E-state index contributed by atoms with van der Waals surface area (Å²) in [4.78, 5) is 24.1. The van der Waals surface area contributed by atoms with Crippen molar-refractivity contribution in [3.05, 3.63) is 53.5 Å². The van der Waals surface area contributed by atoms with Crippen molar-refractivity contribution in [1.82, 2.24) is 10.6 Å². The molecule has 1 unspecified atom stereocenters. The molecule has 0 fully saturated rings. The zero-order chi connectivity index (χ0) is 22.4. The molecule has 0 radical (unpaired) electrons. The normalized spacial score (nSPS) is 13.4. The van der Waals surface area contributed by atoms with Gasteiger partial charge in [-0.25, -0.2) is 0 Å². The van der Waals surface area contributed by atoms with Gasteiger partial charge < -0.3 is 24.9 Å². The van der Waals surface area contributed by atoms with Crippen LogP contribution >= 0.6 is 0 Å². The number of halogens is 3. The number of para-hydroxylation sites is 1. The number of hydrogen-bond donors (Lipinski definition) is 3. The Bertz CT molecular complexity index is 881. The van der Waals surface area contributed by atoms with E-state index in [1.54, 1.807) is 25.1 Å². The summed E-state index contributed by atoms with van der Waals surface area (Å²) in [6, 6.07) is 8.80. The van der Waals surface area contributed by atoms with Gasteiger partial charge in [0.25, 0.3) is 5.91 Å². The highest BCUT2D eigenvalue weighted by atomic mass is 19.4. The van der Waals surface area contributed by atoms with Crippen LogP contribution in [0.2, 0.25) is 0 Å². The molecule has 0 saturated heterocycles. The van der Waals surface area contributed by atoms with Gasteiger partial charge in [0.1, 0.15) is 17.3 Å². The Hall–Kier alpha value is -3.01. The number of furan rings is 1. The third-order valence-corrected chi connectivity index (χ3v) is 4.27. The molecule has 0 aliphatic heterocycles. The molecule has 0 aliphatic rings. The number of aliphatic hydroxyl groups is 1. The van der Waals surface area contributed by atoms with Crippen molar-refractivity contribution in [2.24, 2.45) is 0 Å². The fraction of sp³-hybridized carbons (Fsp3) is 0.400. The van der Waals surface area contributed by atoms with E-state index in [0.717, 1.165) is 6.07 Å². The number of aryl methyl sites for hydroxylation is 1. The monoisotopic (exact) mass is 428 g/mol. The van der Waals surface area contributed by atoms with Crippen LogP contribution in [0.1, 0.15) is 35.2 Å². The first kappa shape index (κ1) is 23.3. The van der Waals surface area contributed by atoms with Crippen LogP contribution in [0.15, 0.2) is 40.8 Å². The quantitative estimate of drug-likeness (QED) is 0.570. The third-order valence-electron chi connectivity index (χ3n) is 4.27. The molecule has 2 rings (SSSR count). The van der Waals surface area contributed by atoms with Crippen molar-refractivity contribution in [3.63, 3.8) is 0 Å². The van der Waals surface area contributed by atoms with Crippen LogP contribution in [0.5, 0.6) is 5.75 Å². The minimum atomic E-state index is -5.00. The third kappa shape index (κ3) is 5.53. The van der Waals surface area contributed by atoms with Gasteiger partial charge in [-0.05, 0) is 38.1 Å². The summed E-state index contributed by atoms with van der Waals surface area (Å²) in [6.07, 6.45) is -5.85. The second-order valence-electron chi connectivity index (χ2n) is 6.48. The molecule has 1 heterocycles. The zero-order valence-corrected chi connectivity index (χ0v) is 16.5. The van der Waals surface area contributed by atoms with E-state index in [1.807, 2.05) is 0 Å². The van der Waals surface area contributed by atoms with Gasteiger partial charge in [0.05, 0.1) is 18.7 Å². The fourth-order valence-corrected chi connectivity index (χ4v) is 2.70. The number of alkyl halides is 3. The number of ether oxygens (including phenoxy) is 1. The number of amides is 2. The van der Waals surface area contributed by atoms with Crippen LogP contribution in [0.4, 0.5) is 13.2 Å². The number of nitrogens with one attached hydrogen (secondary N) is 2. The number of carbonyl (C=O) groups is 2. The molecule has 0 bridgehead atoms. The molecule has 164 valence electrons. The van der Waals surface area contributed by atoms with Crippen molar-refractivity contribution >= 4 is 11.8 Å². The summed E-state index contributed by atoms with van der Waals surface area (Å²) in [7, 11) is 0. The summed E-state index contributed by atoms with van der Waals surface area (Å²) in [5, 5.41) is 14.8. The molecule has 30 heavy (non-hydrogen) atoms. The fourth-order valence-electron chi connectivity index (χ4n) is 2.70. The lowest BCUT2D eigenvalue weighted by Gasteiger charge is -2.28. The molecule has 0 saturated carbocycles. The summed E-state index contributed by atoms with van der Waals surface area (Å²) in [5.74, 6) is -1.36. The van der Waals surface area contributed by atoms with Gasteiger partial charge in [-0.1, -0.05) is 12.1 Å². The molecule has 2 amide bonds. The number of carbonyl (C=O) groups excluding carboxylic acids is 2. The van der Waals surface area contributed by atoms with Gasteiger partial charge in [-0.15, -0.1) is 0 Å². The van der Waals surface area contributed by atoms with E-state index in [9.17, 15) is 27.9 Å². The van der Waals surface area contributed by atoms with Gasteiger partial charge in [0.2, 0.25) is 11.5 Å². The maximum atomic E-state index is 13.4. The van der Waals surface area contributed by atoms with Gasteiger partial charge in [0, 0.05) is 13.0 Å². The van der Waals surface area contributed by atoms with Gasteiger partial charge >= 0.3 is 6.18 Å². The summed E-state index contributed by atoms with van der Waals surface area (Å²) in [6.45, 7) is 2.62. The average Bonchev–Trinajstić information content (AvgIpc) is 3.12. The van der Waals surface area contributed by atoms with E-state index in [2.05, 4.69) is 10.6 Å². The van der Waals surface area contributed by atoms with Crippen LogP contribution in [0.3, 0.4) is 0 Å². The van der Waals surface area contributed by atoms with Crippen LogP contribution in [0.25, 0.3) is 0 Å². The minimum Gasteiger partial charge on any atom is -0.493 e. The van der Waals surface area contributed by atoms with Gasteiger partial charge in [0.15, 0.2) is 0 Å². The Labute approximate surface area is 171 Å². The number of hydrogen-bond acceptors (Lipinski definition) is 5. The summed E-state index contributed by atoms with van der Waals surface area (Å²) >= 11 is 0. The maximum absolute atomic E-state index is 13.4. The molecule has 1 aromatic heterocycles. The Kier molecular flexibility index (Phi) is 7.49. The smallest absolute Gasteiger partial charge is 0.424 e. The molecular weight excluding hydrogens is 405 g/mol. The standard InChI is InChI=1S/C20H23F3N2O5/c1-3-29-15-7-5-4-6-14(15)18(27)25-12-17(26)24-11-10-19(28,20(21,22)23)16-9-8-13(2)30-16/h4-9,28H,3,10-12H2,1-2H3,(H,24,26)(H,25,27). The minimum absolute atomic E-state index is 0.215. The lowest BCUT2D eigenvalue weighted by molar-refractivity contribution is -0.274. The molecule has 1 atom stereocenters. The molecule has 10 heteroatoms. The van der Waals surface area contributed by atoms with E-state index in [-0.39, 0.29) is 11.3 Å². The lowest BCUT2D eigenvalue weighted by atomic mass is 9.95. The lowest BCUT2D eigenvalue weighted by Crippen LogP contribution is -2.45. The topological polar surface area (TPSA) is 101 Å². The average molecular weight is 428 g/mol. The summed E-state index contributed by atoms with van der Waals surface area (Å²) in [5.41, 5.74) is -3.01. The largest absolute Gasteiger partial charge is 0.493 e. The molecule has 0 spiro atoms. The van der Waals surface area contributed by atoms with E-state index in [1.165, 1.54) is 19.1 Å². The predicted molar refractivity (Wildman–Crippen MR) is 101 cm³/mol. The SMILES string of the molecule is CCOc1ccccc1C(=O)NCC(=O)NCCC(O)(c1ccc(C)o1)C(F)(F)F. The first-order valence-electron chi connectivity index (χ1n) is 9.21. The highest BCUT2D eigenvalue weighted by Crippen LogP contribution is 2.41. The summed E-state index contributed by atoms with van der Waals surface area (Å²) < 4.78 is 50.4. The van der Waals surface area contributed by atoms with E-state index < -0.39 is 48.9 Å². The van der Waals surface area contributed by atoms with Gasteiger partial charge in [-0.2, -0.15) is 13.2 Å². The first-order valence-corrected chi connectivity index (χ1v) is 9.21. The first-order chi connectivity index (χ1) is 14.1. The van der Waals surface area contributed by atoms with Crippen molar-refractivity contribution in [3.8, 4) is 5.75 Å². The van der Waals surface area contributed by atoms with Crippen molar-refractivity contribution < 1.29 is 37.0 Å². The highest BCUT2D eigenvalue weighted by Gasteiger charge is 2.56. The van der Waals surface area contributed by atoms with E-state index >= 15 is 0 Å². The molecule has 3 N–H and O–H groups in total. The Morgan fingerprint density at radius 3 is 2.43 bits per heavy atom. The predicted octanol–water partition coefficient (Wildman–Crippen LogP) is 2.67. The van der Waals surface area contributed by atoms with Crippen LogP contribution in [0, 0.1) is 6.92 Å². The Morgan fingerprint density at radius 2 is 1.83 bits per heavy atom. The Morgan fingerprint density at radius 1 is 1.13 bits per heavy atom. The zero-order valence-electron chi connectivity index (χ0n) is 16.5. The number of rotatable bonds is 9. The maximum Gasteiger partial charge on any atom is 0.424 e.